The molecule has 9 heteroatoms. The van der Waals surface area contributed by atoms with E-state index in [0.717, 1.165) is 11.1 Å². The van der Waals surface area contributed by atoms with Crippen LogP contribution in [0, 0.1) is 0 Å². The van der Waals surface area contributed by atoms with Crippen molar-refractivity contribution in [2.24, 2.45) is 4.99 Å². The van der Waals surface area contributed by atoms with Gasteiger partial charge in [0.05, 0.1) is 27.2 Å². The van der Waals surface area contributed by atoms with Crippen LogP contribution in [0.4, 0.5) is 5.69 Å². The fraction of sp³-hybridized carbons (Fsp3) is 0.0833. The number of halogens is 3. The second kappa shape index (κ2) is 10.7. The molecule has 1 fully saturated rings. The van der Waals surface area contributed by atoms with Crippen LogP contribution in [0.3, 0.4) is 0 Å². The summed E-state index contributed by atoms with van der Waals surface area (Å²) in [5.41, 5.74) is 2.30. The number of rotatable bonds is 6. The second-order valence-corrected chi connectivity index (χ2v) is 9.61. The van der Waals surface area contributed by atoms with E-state index >= 15 is 0 Å². The van der Waals surface area contributed by atoms with Gasteiger partial charge in [0, 0.05) is 5.02 Å². The maximum atomic E-state index is 12.5. The van der Waals surface area contributed by atoms with Gasteiger partial charge in [-0.05, 0) is 75.2 Å². The Morgan fingerprint density at radius 2 is 1.91 bits per heavy atom. The van der Waals surface area contributed by atoms with Gasteiger partial charge in [0.1, 0.15) is 6.61 Å². The molecule has 0 unspecified atom stereocenters. The molecule has 0 aliphatic carbocycles. The SMILES string of the molecule is COc1cc(/C=C2/SC(=Nc3cc(Cl)ccc3Cl)NC2=O)cc(Br)c1OCc1ccccc1. The molecule has 1 saturated heterocycles. The van der Waals surface area contributed by atoms with Gasteiger partial charge in [-0.1, -0.05) is 53.5 Å². The molecule has 0 aromatic heterocycles. The Kier molecular flexibility index (Phi) is 7.65. The zero-order valence-corrected chi connectivity index (χ0v) is 21.2. The van der Waals surface area contributed by atoms with Crippen molar-refractivity contribution < 1.29 is 14.3 Å². The van der Waals surface area contributed by atoms with Crippen molar-refractivity contribution in [1.82, 2.24) is 5.32 Å². The van der Waals surface area contributed by atoms with Crippen molar-refractivity contribution in [3.05, 3.63) is 91.2 Å². The minimum atomic E-state index is -0.253. The maximum Gasteiger partial charge on any atom is 0.264 e. The van der Waals surface area contributed by atoms with Gasteiger partial charge >= 0.3 is 0 Å². The van der Waals surface area contributed by atoms with Crippen LogP contribution in [-0.4, -0.2) is 18.2 Å². The molecule has 168 valence electrons. The zero-order chi connectivity index (χ0) is 23.4. The Morgan fingerprint density at radius 3 is 2.67 bits per heavy atom. The highest BCUT2D eigenvalue weighted by molar-refractivity contribution is 9.10. The summed E-state index contributed by atoms with van der Waals surface area (Å²) in [6, 6.07) is 18.5. The highest BCUT2D eigenvalue weighted by atomic mass is 79.9. The highest BCUT2D eigenvalue weighted by Gasteiger charge is 2.24. The summed E-state index contributed by atoms with van der Waals surface area (Å²) in [7, 11) is 1.57. The normalized spacial score (nSPS) is 15.7. The number of hydrogen-bond acceptors (Lipinski definition) is 5. The van der Waals surface area contributed by atoms with E-state index < -0.39 is 0 Å². The lowest BCUT2D eigenvalue weighted by Crippen LogP contribution is -2.19. The number of methoxy groups -OCH3 is 1. The smallest absolute Gasteiger partial charge is 0.264 e. The number of nitrogens with one attached hydrogen (secondary N) is 1. The molecule has 0 saturated carbocycles. The predicted octanol–water partition coefficient (Wildman–Crippen LogP) is 7.24. The van der Waals surface area contributed by atoms with E-state index in [0.29, 0.717) is 48.4 Å². The zero-order valence-electron chi connectivity index (χ0n) is 17.3. The molecular weight excluding hydrogens is 547 g/mol. The number of benzene rings is 3. The van der Waals surface area contributed by atoms with Gasteiger partial charge < -0.3 is 14.8 Å². The Hall–Kier alpha value is -2.45. The van der Waals surface area contributed by atoms with Crippen molar-refractivity contribution >= 4 is 73.7 Å². The van der Waals surface area contributed by atoms with Crippen LogP contribution in [0.5, 0.6) is 11.5 Å². The van der Waals surface area contributed by atoms with E-state index in [1.165, 1.54) is 11.8 Å². The fourth-order valence-electron chi connectivity index (χ4n) is 3.01. The predicted molar refractivity (Wildman–Crippen MR) is 139 cm³/mol. The maximum absolute atomic E-state index is 12.5. The lowest BCUT2D eigenvalue weighted by atomic mass is 10.2. The number of amides is 1. The van der Waals surface area contributed by atoms with Crippen molar-refractivity contribution in [3.63, 3.8) is 0 Å². The average molecular weight is 564 g/mol. The number of thioether (sulfide) groups is 1. The third-order valence-corrected chi connectivity index (χ3v) is 6.61. The van der Waals surface area contributed by atoms with Crippen LogP contribution in [0.2, 0.25) is 10.0 Å². The van der Waals surface area contributed by atoms with E-state index in [-0.39, 0.29) is 5.91 Å². The number of carbonyl (C=O) groups excluding carboxylic acids is 1. The standard InChI is InChI=1S/C24H17BrCl2N2O3S/c1-31-20-10-15(9-17(25)22(20)32-13-14-5-3-2-4-6-14)11-21-23(30)29-24(33-21)28-19-12-16(26)7-8-18(19)27/h2-12H,13H2,1H3,(H,28,29,30)/b21-11+. The van der Waals surface area contributed by atoms with Gasteiger partial charge in [-0.25, -0.2) is 4.99 Å². The quantitative estimate of drug-likeness (QED) is 0.321. The molecule has 4 rings (SSSR count). The number of hydrogen-bond donors (Lipinski definition) is 1. The Morgan fingerprint density at radius 1 is 1.12 bits per heavy atom. The number of nitrogens with zero attached hydrogens (tertiary/aromatic N) is 1. The first kappa shape index (κ1) is 23.7. The molecule has 1 aliphatic heterocycles. The molecule has 33 heavy (non-hydrogen) atoms. The third kappa shape index (κ3) is 5.92. The average Bonchev–Trinajstić information content (AvgIpc) is 3.14. The Labute approximate surface area is 213 Å². The molecule has 1 amide bonds. The first-order valence-corrected chi connectivity index (χ1v) is 12.1. The van der Waals surface area contributed by atoms with Gasteiger partial charge in [0.15, 0.2) is 16.7 Å². The minimum absolute atomic E-state index is 0.253. The van der Waals surface area contributed by atoms with Crippen LogP contribution in [-0.2, 0) is 11.4 Å². The van der Waals surface area contributed by atoms with Crippen molar-refractivity contribution in [3.8, 4) is 11.5 Å². The topological polar surface area (TPSA) is 59.9 Å². The number of aliphatic imine (C=N–C) groups is 1. The van der Waals surface area contributed by atoms with Gasteiger partial charge in [-0.2, -0.15) is 0 Å². The number of carbonyl (C=O) groups is 1. The van der Waals surface area contributed by atoms with Crippen LogP contribution >= 0.6 is 50.9 Å². The van der Waals surface area contributed by atoms with E-state index in [4.69, 9.17) is 32.7 Å². The summed E-state index contributed by atoms with van der Waals surface area (Å²) in [6.07, 6.45) is 1.76. The summed E-state index contributed by atoms with van der Waals surface area (Å²) in [5, 5.41) is 4.12. The van der Waals surface area contributed by atoms with Crippen molar-refractivity contribution in [2.45, 2.75) is 6.61 Å². The van der Waals surface area contributed by atoms with Crippen molar-refractivity contribution in [1.29, 1.82) is 0 Å². The molecular formula is C24H17BrCl2N2O3S. The van der Waals surface area contributed by atoms with E-state index in [1.807, 2.05) is 42.5 Å². The molecule has 0 spiro atoms. The van der Waals surface area contributed by atoms with Gasteiger partial charge in [-0.15, -0.1) is 0 Å². The molecule has 0 bridgehead atoms. The van der Waals surface area contributed by atoms with E-state index in [9.17, 15) is 4.79 Å². The van der Waals surface area contributed by atoms with Crippen LogP contribution < -0.4 is 14.8 Å². The van der Waals surface area contributed by atoms with Crippen LogP contribution in [0.25, 0.3) is 6.08 Å². The fourth-order valence-corrected chi connectivity index (χ4v) is 4.74. The Bertz CT molecular complexity index is 1270. The van der Waals surface area contributed by atoms with Gasteiger partial charge in [0.2, 0.25) is 0 Å². The highest BCUT2D eigenvalue weighted by Crippen LogP contribution is 2.39. The van der Waals surface area contributed by atoms with E-state index in [1.54, 1.807) is 31.4 Å². The first-order valence-electron chi connectivity index (χ1n) is 9.72. The van der Waals surface area contributed by atoms with Gasteiger partial charge in [-0.3, -0.25) is 4.79 Å². The molecule has 0 radical (unpaired) electrons. The van der Waals surface area contributed by atoms with E-state index in [2.05, 4.69) is 26.2 Å². The first-order chi connectivity index (χ1) is 15.9. The molecule has 1 N–H and O–H groups in total. The van der Waals surface area contributed by atoms with Crippen LogP contribution in [0.15, 0.2) is 75.0 Å². The van der Waals surface area contributed by atoms with Crippen LogP contribution in [0.1, 0.15) is 11.1 Å². The summed E-state index contributed by atoms with van der Waals surface area (Å²) in [4.78, 5) is 17.4. The molecule has 3 aromatic rings. The summed E-state index contributed by atoms with van der Waals surface area (Å²) >= 11 is 17.0. The monoisotopic (exact) mass is 562 g/mol. The largest absolute Gasteiger partial charge is 0.493 e. The molecule has 1 heterocycles. The lowest BCUT2D eigenvalue weighted by Gasteiger charge is -2.13. The van der Waals surface area contributed by atoms with Gasteiger partial charge in [0.25, 0.3) is 5.91 Å². The summed E-state index contributed by atoms with van der Waals surface area (Å²) < 4.78 is 12.2. The molecule has 3 aromatic carbocycles. The molecule has 0 atom stereocenters. The third-order valence-electron chi connectivity index (χ3n) is 4.56. The number of amidine groups is 1. The molecule has 5 nitrogen and oxygen atoms in total. The second-order valence-electron chi connectivity index (χ2n) is 6.89. The summed E-state index contributed by atoms with van der Waals surface area (Å²) in [5.74, 6) is 0.886. The van der Waals surface area contributed by atoms with Crippen molar-refractivity contribution in [2.75, 3.05) is 7.11 Å². The number of ether oxygens (including phenoxy) is 2. The Balaban J connectivity index is 1.56. The minimum Gasteiger partial charge on any atom is -0.493 e. The summed E-state index contributed by atoms with van der Waals surface area (Å²) in [6.45, 7) is 0.403. The lowest BCUT2D eigenvalue weighted by molar-refractivity contribution is -0.115. The molecule has 1 aliphatic rings.